The normalized spacial score (nSPS) is 23.7. The Kier molecular flexibility index (Phi) is 5.89. The van der Waals surface area contributed by atoms with E-state index in [-0.39, 0.29) is 12.6 Å². The summed E-state index contributed by atoms with van der Waals surface area (Å²) in [7, 11) is 1.35. The van der Waals surface area contributed by atoms with Crippen LogP contribution in [0.2, 0.25) is 0 Å². The van der Waals surface area contributed by atoms with Gasteiger partial charge in [0.1, 0.15) is 5.75 Å². The van der Waals surface area contributed by atoms with Crippen molar-refractivity contribution >= 4 is 33.8 Å². The van der Waals surface area contributed by atoms with Gasteiger partial charge in [-0.3, -0.25) is 14.4 Å². The first-order valence-corrected chi connectivity index (χ1v) is 10.00. The van der Waals surface area contributed by atoms with E-state index in [4.69, 9.17) is 14.2 Å². The first kappa shape index (κ1) is 19.9. The lowest BCUT2D eigenvalue weighted by molar-refractivity contribution is -0.168. The molecule has 0 radical (unpaired) electrons. The van der Waals surface area contributed by atoms with Crippen molar-refractivity contribution in [2.24, 2.45) is 11.3 Å². The third-order valence-electron chi connectivity index (χ3n) is 5.58. The molecule has 1 saturated carbocycles. The summed E-state index contributed by atoms with van der Waals surface area (Å²) in [6.45, 7) is 1.83. The number of hydrogen-bond acceptors (Lipinski definition) is 6. The fourth-order valence-corrected chi connectivity index (χ4v) is 4.83. The zero-order valence-corrected chi connectivity index (χ0v) is 17.0. The highest BCUT2D eigenvalue weighted by molar-refractivity contribution is 9.10. The Bertz CT molecular complexity index is 753. The summed E-state index contributed by atoms with van der Waals surface area (Å²) < 4.78 is 16.5. The van der Waals surface area contributed by atoms with Gasteiger partial charge in [-0.05, 0) is 38.0 Å². The van der Waals surface area contributed by atoms with Crippen molar-refractivity contribution < 1.29 is 28.6 Å². The molecule has 0 bridgehead atoms. The van der Waals surface area contributed by atoms with Crippen LogP contribution in [0.3, 0.4) is 0 Å². The molecule has 2 aliphatic rings. The third-order valence-corrected chi connectivity index (χ3v) is 6.07. The Morgan fingerprint density at radius 2 is 1.96 bits per heavy atom. The number of hydrogen-bond donors (Lipinski definition) is 0. The van der Waals surface area contributed by atoms with E-state index in [1.165, 1.54) is 7.11 Å². The van der Waals surface area contributed by atoms with Crippen LogP contribution in [-0.4, -0.2) is 31.6 Å². The predicted molar refractivity (Wildman–Crippen MR) is 100 cm³/mol. The topological polar surface area (TPSA) is 78.9 Å². The Balaban J connectivity index is 2.21. The summed E-state index contributed by atoms with van der Waals surface area (Å²) >= 11 is 3.44. The van der Waals surface area contributed by atoms with Crippen LogP contribution in [-0.2, 0) is 23.9 Å². The van der Waals surface area contributed by atoms with Gasteiger partial charge in [0.15, 0.2) is 5.92 Å². The van der Waals surface area contributed by atoms with Crippen molar-refractivity contribution in [2.45, 2.75) is 44.9 Å². The molecular formula is C20H23BrO6. The molecule has 0 spiro atoms. The molecule has 0 saturated heterocycles. The van der Waals surface area contributed by atoms with Crippen LogP contribution in [0, 0.1) is 11.3 Å². The van der Waals surface area contributed by atoms with Gasteiger partial charge in [0.05, 0.1) is 19.1 Å². The van der Waals surface area contributed by atoms with Gasteiger partial charge in [0.2, 0.25) is 0 Å². The summed E-state index contributed by atoms with van der Waals surface area (Å²) in [5.41, 5.74) is -0.298. The highest BCUT2D eigenvalue weighted by Gasteiger charge is 2.58. The molecule has 1 aliphatic carbocycles. The SMILES string of the molecule is CCOC(=O)C1C(=O)Oc2ccc(Br)cc2C1C1(C(=O)OC)CCCCC1. The van der Waals surface area contributed by atoms with E-state index in [0.29, 0.717) is 24.2 Å². The molecule has 27 heavy (non-hydrogen) atoms. The highest BCUT2D eigenvalue weighted by Crippen LogP contribution is 2.55. The van der Waals surface area contributed by atoms with Crippen LogP contribution in [0.1, 0.15) is 50.5 Å². The van der Waals surface area contributed by atoms with Gasteiger partial charge in [0, 0.05) is 16.0 Å². The molecule has 1 heterocycles. The minimum Gasteiger partial charge on any atom is -0.469 e. The van der Waals surface area contributed by atoms with Gasteiger partial charge in [-0.2, -0.15) is 0 Å². The number of benzene rings is 1. The van der Waals surface area contributed by atoms with E-state index in [1.54, 1.807) is 19.1 Å². The Morgan fingerprint density at radius 1 is 1.26 bits per heavy atom. The Morgan fingerprint density at radius 3 is 2.59 bits per heavy atom. The second kappa shape index (κ2) is 8.00. The molecule has 2 unspecified atom stereocenters. The largest absolute Gasteiger partial charge is 0.469 e. The van der Waals surface area contributed by atoms with Gasteiger partial charge < -0.3 is 14.2 Å². The first-order valence-electron chi connectivity index (χ1n) is 9.21. The summed E-state index contributed by atoms with van der Waals surface area (Å²) in [5.74, 6) is -3.22. The lowest BCUT2D eigenvalue weighted by Crippen LogP contribution is -2.50. The molecule has 0 N–H and O–H groups in total. The summed E-state index contributed by atoms with van der Waals surface area (Å²) in [4.78, 5) is 38.5. The van der Waals surface area contributed by atoms with Crippen LogP contribution >= 0.6 is 15.9 Å². The third kappa shape index (κ3) is 3.49. The lowest BCUT2D eigenvalue weighted by Gasteiger charge is -2.45. The summed E-state index contributed by atoms with van der Waals surface area (Å²) in [6, 6.07) is 5.26. The van der Waals surface area contributed by atoms with Crippen LogP contribution in [0.4, 0.5) is 0 Å². The first-order chi connectivity index (χ1) is 12.9. The minimum absolute atomic E-state index is 0.145. The smallest absolute Gasteiger partial charge is 0.326 e. The van der Waals surface area contributed by atoms with Crippen LogP contribution < -0.4 is 4.74 Å². The van der Waals surface area contributed by atoms with Crippen molar-refractivity contribution in [2.75, 3.05) is 13.7 Å². The van der Waals surface area contributed by atoms with E-state index < -0.39 is 29.2 Å². The van der Waals surface area contributed by atoms with E-state index in [1.807, 2.05) is 6.07 Å². The molecular weight excluding hydrogens is 416 g/mol. The maximum Gasteiger partial charge on any atom is 0.326 e. The monoisotopic (exact) mass is 438 g/mol. The second-order valence-electron chi connectivity index (χ2n) is 7.02. The molecule has 1 fully saturated rings. The average molecular weight is 439 g/mol. The van der Waals surface area contributed by atoms with Crippen molar-refractivity contribution in [3.63, 3.8) is 0 Å². The van der Waals surface area contributed by atoms with Crippen molar-refractivity contribution in [3.05, 3.63) is 28.2 Å². The van der Waals surface area contributed by atoms with E-state index >= 15 is 0 Å². The molecule has 146 valence electrons. The van der Waals surface area contributed by atoms with E-state index in [0.717, 1.165) is 23.7 Å². The standard InChI is InChI=1S/C20H23BrO6/c1-3-26-17(22)15-16(20(19(24)25-2)9-5-4-6-10-20)13-11-12(21)7-8-14(13)27-18(15)23/h7-8,11,15-16H,3-6,9-10H2,1-2H3. The quantitative estimate of drug-likeness (QED) is 0.404. The second-order valence-corrected chi connectivity index (χ2v) is 7.93. The number of fused-ring (bicyclic) bond motifs is 1. The van der Waals surface area contributed by atoms with Crippen LogP contribution in [0.25, 0.3) is 0 Å². The Labute approximate surface area is 166 Å². The molecule has 1 aromatic carbocycles. The number of rotatable bonds is 4. The van der Waals surface area contributed by atoms with Crippen molar-refractivity contribution in [1.82, 2.24) is 0 Å². The van der Waals surface area contributed by atoms with Gasteiger partial charge in [0.25, 0.3) is 0 Å². The average Bonchev–Trinajstić information content (AvgIpc) is 2.67. The van der Waals surface area contributed by atoms with Gasteiger partial charge in [-0.25, -0.2) is 0 Å². The van der Waals surface area contributed by atoms with E-state index in [2.05, 4.69) is 15.9 Å². The number of carbonyl (C=O) groups excluding carboxylic acids is 3. The lowest BCUT2D eigenvalue weighted by atomic mass is 9.59. The van der Waals surface area contributed by atoms with Gasteiger partial charge in [-0.1, -0.05) is 35.2 Å². The van der Waals surface area contributed by atoms with Crippen LogP contribution in [0.5, 0.6) is 5.75 Å². The van der Waals surface area contributed by atoms with Gasteiger partial charge >= 0.3 is 17.9 Å². The van der Waals surface area contributed by atoms with Crippen molar-refractivity contribution in [1.29, 1.82) is 0 Å². The number of carbonyl (C=O) groups is 3. The number of methoxy groups -OCH3 is 1. The number of ether oxygens (including phenoxy) is 3. The fraction of sp³-hybridized carbons (Fsp3) is 0.550. The number of esters is 3. The van der Waals surface area contributed by atoms with Crippen LogP contribution in [0.15, 0.2) is 22.7 Å². The molecule has 3 rings (SSSR count). The molecule has 0 aromatic heterocycles. The fourth-order valence-electron chi connectivity index (χ4n) is 4.45. The maximum absolute atomic E-state index is 13.0. The molecule has 2 atom stereocenters. The van der Waals surface area contributed by atoms with Gasteiger partial charge in [-0.15, -0.1) is 0 Å². The summed E-state index contributed by atoms with van der Waals surface area (Å²) in [5, 5.41) is 0. The number of halogens is 1. The molecule has 6 nitrogen and oxygen atoms in total. The molecule has 1 aliphatic heterocycles. The minimum atomic E-state index is -1.19. The predicted octanol–water partition coefficient (Wildman–Crippen LogP) is 3.75. The molecule has 7 heteroatoms. The zero-order chi connectivity index (χ0) is 19.6. The Hall–Kier alpha value is -1.89. The van der Waals surface area contributed by atoms with Crippen molar-refractivity contribution in [3.8, 4) is 5.75 Å². The maximum atomic E-state index is 13.0. The molecule has 0 amide bonds. The molecule has 1 aromatic rings. The summed E-state index contributed by atoms with van der Waals surface area (Å²) in [6.07, 6.45) is 3.78. The highest BCUT2D eigenvalue weighted by atomic mass is 79.9. The van der Waals surface area contributed by atoms with E-state index in [9.17, 15) is 14.4 Å². The zero-order valence-electron chi connectivity index (χ0n) is 15.5.